The molecule has 0 aliphatic carbocycles. The molecule has 24 heavy (non-hydrogen) atoms. The molecule has 2 heterocycles. The molecular formula is C18H22N4O2. The summed E-state index contributed by atoms with van der Waals surface area (Å²) < 4.78 is 5.79. The van der Waals surface area contributed by atoms with E-state index in [0.29, 0.717) is 17.5 Å². The van der Waals surface area contributed by atoms with Crippen LogP contribution in [0.5, 0.6) is 11.6 Å². The van der Waals surface area contributed by atoms with Gasteiger partial charge in [-0.2, -0.15) is 0 Å². The van der Waals surface area contributed by atoms with Crippen molar-refractivity contribution in [3.05, 3.63) is 42.4 Å². The molecule has 1 aromatic carbocycles. The van der Waals surface area contributed by atoms with Crippen LogP contribution in [0.3, 0.4) is 0 Å². The zero-order valence-electron chi connectivity index (χ0n) is 14.0. The Morgan fingerprint density at radius 1 is 1.21 bits per heavy atom. The quantitative estimate of drug-likeness (QED) is 0.935. The molecule has 3 rings (SSSR count). The number of carbonyl (C=O) groups excluding carboxylic acids is 1. The third-order valence-electron chi connectivity index (χ3n) is 4.17. The molecule has 0 saturated carbocycles. The van der Waals surface area contributed by atoms with Crippen molar-refractivity contribution in [1.29, 1.82) is 0 Å². The highest BCUT2D eigenvalue weighted by Gasteiger charge is 2.20. The molecular weight excluding hydrogens is 304 g/mol. The molecule has 1 aromatic heterocycles. The molecule has 6 nitrogen and oxygen atoms in total. The van der Waals surface area contributed by atoms with Crippen LogP contribution < -0.4 is 10.1 Å². The van der Waals surface area contributed by atoms with Gasteiger partial charge in [0.1, 0.15) is 5.75 Å². The number of likely N-dealkylation sites (tertiary alicyclic amines) is 1. The first-order chi connectivity index (χ1) is 11.6. The van der Waals surface area contributed by atoms with E-state index >= 15 is 0 Å². The number of hydrogen-bond donors (Lipinski definition) is 1. The van der Waals surface area contributed by atoms with Crippen molar-refractivity contribution in [3.63, 3.8) is 0 Å². The first kappa shape index (κ1) is 16.4. The molecule has 6 heteroatoms. The lowest BCUT2D eigenvalue weighted by atomic mass is 9.94. The Hall–Kier alpha value is -2.47. The molecule has 1 amide bonds. The molecule has 1 fully saturated rings. The predicted molar refractivity (Wildman–Crippen MR) is 92.3 cm³/mol. The molecule has 1 aliphatic heterocycles. The number of ether oxygens (including phenoxy) is 1. The molecule has 0 unspecified atom stereocenters. The second kappa shape index (κ2) is 7.40. The lowest BCUT2D eigenvalue weighted by Crippen LogP contribution is -2.29. The minimum Gasteiger partial charge on any atom is -0.437 e. The summed E-state index contributed by atoms with van der Waals surface area (Å²) in [6.07, 6.45) is 5.66. The number of nitrogens with zero attached hydrogens (tertiary/aromatic N) is 3. The van der Waals surface area contributed by atoms with Crippen molar-refractivity contribution in [2.24, 2.45) is 0 Å². The van der Waals surface area contributed by atoms with E-state index < -0.39 is 0 Å². The lowest BCUT2D eigenvalue weighted by Gasteiger charge is -2.28. The van der Waals surface area contributed by atoms with E-state index in [-0.39, 0.29) is 5.91 Å². The molecule has 0 radical (unpaired) electrons. The molecule has 1 saturated heterocycles. The molecule has 1 aliphatic rings. The van der Waals surface area contributed by atoms with Crippen LogP contribution in [0.25, 0.3) is 0 Å². The van der Waals surface area contributed by atoms with Crippen molar-refractivity contribution < 1.29 is 9.53 Å². The minimum absolute atomic E-state index is 0.0969. The van der Waals surface area contributed by atoms with Gasteiger partial charge in [-0.25, -0.2) is 4.98 Å². The fourth-order valence-electron chi connectivity index (χ4n) is 2.84. The summed E-state index contributed by atoms with van der Waals surface area (Å²) in [5, 5.41) is 2.73. The van der Waals surface area contributed by atoms with E-state index in [1.807, 2.05) is 6.20 Å². The van der Waals surface area contributed by atoms with E-state index in [1.54, 1.807) is 30.5 Å². The van der Waals surface area contributed by atoms with Gasteiger partial charge in [-0.05, 0) is 57.2 Å². The number of carbonyl (C=O) groups is 1. The van der Waals surface area contributed by atoms with E-state index in [4.69, 9.17) is 4.74 Å². The Morgan fingerprint density at radius 2 is 1.92 bits per heavy atom. The Morgan fingerprint density at radius 3 is 2.58 bits per heavy atom. The highest BCUT2D eigenvalue weighted by atomic mass is 16.5. The lowest BCUT2D eigenvalue weighted by molar-refractivity contribution is -0.114. The van der Waals surface area contributed by atoms with Gasteiger partial charge in [-0.1, -0.05) is 0 Å². The average Bonchev–Trinajstić information content (AvgIpc) is 2.57. The largest absolute Gasteiger partial charge is 0.437 e. The van der Waals surface area contributed by atoms with Crippen molar-refractivity contribution >= 4 is 11.6 Å². The molecule has 0 spiro atoms. The summed E-state index contributed by atoms with van der Waals surface area (Å²) in [7, 11) is 2.14. The summed E-state index contributed by atoms with van der Waals surface area (Å²) >= 11 is 0. The Kier molecular flexibility index (Phi) is 5.05. The number of anilines is 1. The van der Waals surface area contributed by atoms with Gasteiger partial charge >= 0.3 is 0 Å². The maximum absolute atomic E-state index is 11.0. The van der Waals surface area contributed by atoms with Crippen LogP contribution in [0.4, 0.5) is 5.69 Å². The fraction of sp³-hybridized carbons (Fsp3) is 0.389. The van der Waals surface area contributed by atoms with Crippen LogP contribution >= 0.6 is 0 Å². The predicted octanol–water partition coefficient (Wildman–Crippen LogP) is 3.04. The number of piperidine rings is 1. The molecule has 2 aromatic rings. The van der Waals surface area contributed by atoms with Gasteiger partial charge < -0.3 is 15.0 Å². The van der Waals surface area contributed by atoms with Crippen LogP contribution in [0.15, 0.2) is 36.7 Å². The van der Waals surface area contributed by atoms with Gasteiger partial charge in [0.05, 0.1) is 11.9 Å². The normalized spacial score (nSPS) is 15.9. The topological polar surface area (TPSA) is 67.3 Å². The second-order valence-electron chi connectivity index (χ2n) is 6.17. The highest BCUT2D eigenvalue weighted by molar-refractivity contribution is 5.88. The fourth-order valence-corrected chi connectivity index (χ4v) is 2.84. The first-order valence-corrected chi connectivity index (χ1v) is 8.16. The summed E-state index contributed by atoms with van der Waals surface area (Å²) in [5.41, 5.74) is 1.73. The van der Waals surface area contributed by atoms with Crippen molar-refractivity contribution in [2.75, 3.05) is 25.5 Å². The smallest absolute Gasteiger partial charge is 0.238 e. The van der Waals surface area contributed by atoms with E-state index in [1.165, 1.54) is 6.92 Å². The minimum atomic E-state index is -0.0969. The Bertz CT molecular complexity index is 694. The summed E-state index contributed by atoms with van der Waals surface area (Å²) in [6, 6.07) is 7.19. The molecule has 0 bridgehead atoms. The van der Waals surface area contributed by atoms with Crippen LogP contribution in [0.1, 0.15) is 31.4 Å². The number of nitrogens with one attached hydrogen (secondary N) is 1. The Balaban J connectivity index is 1.67. The van der Waals surface area contributed by atoms with Crippen molar-refractivity contribution in [1.82, 2.24) is 14.9 Å². The number of amides is 1. The zero-order chi connectivity index (χ0) is 16.9. The number of benzene rings is 1. The van der Waals surface area contributed by atoms with Gasteiger partial charge in [0, 0.05) is 24.7 Å². The number of rotatable bonds is 4. The second-order valence-corrected chi connectivity index (χ2v) is 6.17. The van der Waals surface area contributed by atoms with E-state index in [2.05, 4.69) is 27.2 Å². The van der Waals surface area contributed by atoms with Crippen molar-refractivity contribution in [2.45, 2.75) is 25.7 Å². The van der Waals surface area contributed by atoms with E-state index in [9.17, 15) is 4.79 Å². The number of hydrogen-bond acceptors (Lipinski definition) is 5. The van der Waals surface area contributed by atoms with Crippen LogP contribution in [0.2, 0.25) is 0 Å². The van der Waals surface area contributed by atoms with Crippen molar-refractivity contribution in [3.8, 4) is 11.6 Å². The summed E-state index contributed by atoms with van der Waals surface area (Å²) in [6.45, 7) is 3.65. The van der Waals surface area contributed by atoms with Crippen LogP contribution in [0, 0.1) is 0 Å². The monoisotopic (exact) mass is 326 g/mol. The van der Waals surface area contributed by atoms with Gasteiger partial charge in [0.2, 0.25) is 11.8 Å². The summed E-state index contributed by atoms with van der Waals surface area (Å²) in [5.74, 6) is 1.51. The average molecular weight is 326 g/mol. The SMILES string of the molecule is CC(=O)Nc1ccc(Oc2cncc(C3CCN(C)CC3)n2)cc1. The molecule has 1 N–H and O–H groups in total. The van der Waals surface area contributed by atoms with E-state index in [0.717, 1.165) is 37.3 Å². The zero-order valence-corrected chi connectivity index (χ0v) is 14.0. The maximum Gasteiger partial charge on any atom is 0.238 e. The third-order valence-corrected chi connectivity index (χ3v) is 4.17. The maximum atomic E-state index is 11.0. The van der Waals surface area contributed by atoms with Gasteiger partial charge in [-0.15, -0.1) is 0 Å². The third kappa shape index (κ3) is 4.29. The summed E-state index contributed by atoms with van der Waals surface area (Å²) in [4.78, 5) is 22.3. The van der Waals surface area contributed by atoms with Gasteiger partial charge in [0.15, 0.2) is 0 Å². The highest BCUT2D eigenvalue weighted by Crippen LogP contribution is 2.28. The standard InChI is InChI=1S/C18H22N4O2/c1-13(23)20-15-3-5-16(6-4-15)24-18-12-19-11-17(21-18)14-7-9-22(2)10-8-14/h3-6,11-12,14H,7-10H2,1-2H3,(H,20,23). The first-order valence-electron chi connectivity index (χ1n) is 8.16. The van der Waals surface area contributed by atoms with Crippen LogP contribution in [-0.4, -0.2) is 40.9 Å². The Labute approximate surface area is 141 Å². The molecule has 126 valence electrons. The van der Waals surface area contributed by atoms with Gasteiger partial charge in [-0.3, -0.25) is 9.78 Å². The van der Waals surface area contributed by atoms with Crippen LogP contribution in [-0.2, 0) is 4.79 Å². The number of aromatic nitrogens is 2. The van der Waals surface area contributed by atoms with Gasteiger partial charge in [0.25, 0.3) is 0 Å². The molecule has 0 atom stereocenters.